The van der Waals surface area contributed by atoms with E-state index in [9.17, 15) is 14.4 Å². The van der Waals surface area contributed by atoms with E-state index in [-0.39, 0.29) is 13.1 Å². The van der Waals surface area contributed by atoms with Crippen molar-refractivity contribution < 1.29 is 19.5 Å². The van der Waals surface area contributed by atoms with Crippen LogP contribution in [-0.2, 0) is 23.2 Å². The van der Waals surface area contributed by atoms with Gasteiger partial charge in [0.1, 0.15) is 12.9 Å². The number of urea groups is 1. The van der Waals surface area contributed by atoms with E-state index < -0.39 is 24.5 Å². The molecule has 1 aromatic heterocycles. The number of hydrogen-bond acceptors (Lipinski definition) is 5. The molecule has 0 saturated carbocycles. The van der Waals surface area contributed by atoms with Gasteiger partial charge in [-0.15, -0.1) is 0 Å². The zero-order chi connectivity index (χ0) is 14.3. The average molecular weight is 270 g/mol. The second-order valence-corrected chi connectivity index (χ2v) is 3.54. The molecular formula is C9H14N6O4. The highest BCUT2D eigenvalue weighted by molar-refractivity contribution is 5.86. The smallest absolute Gasteiger partial charge is 0.322 e. The van der Waals surface area contributed by atoms with Gasteiger partial charge in [-0.3, -0.25) is 14.3 Å². The predicted octanol–water partition coefficient (Wildman–Crippen LogP) is -2.18. The largest absolute Gasteiger partial charge is 0.480 e. The fraction of sp³-hybridized carbons (Fsp3) is 0.444. The molecule has 0 aliphatic heterocycles. The summed E-state index contributed by atoms with van der Waals surface area (Å²) < 4.78 is 1.49. The third-order valence-electron chi connectivity index (χ3n) is 1.90. The van der Waals surface area contributed by atoms with Crippen LogP contribution in [0.4, 0.5) is 4.79 Å². The maximum absolute atomic E-state index is 11.3. The Balaban J connectivity index is 2.17. The van der Waals surface area contributed by atoms with Crippen molar-refractivity contribution in [1.29, 1.82) is 0 Å². The molecule has 0 radical (unpaired) electrons. The van der Waals surface area contributed by atoms with Gasteiger partial charge in [-0.25, -0.2) is 9.78 Å². The van der Waals surface area contributed by atoms with Crippen LogP contribution in [0.1, 0.15) is 5.82 Å². The van der Waals surface area contributed by atoms with Crippen LogP contribution in [0.25, 0.3) is 0 Å². The molecular weight excluding hydrogens is 256 g/mol. The molecule has 19 heavy (non-hydrogen) atoms. The minimum Gasteiger partial charge on any atom is -0.480 e. The third-order valence-corrected chi connectivity index (χ3v) is 1.90. The Morgan fingerprint density at radius 2 is 2.00 bits per heavy atom. The number of carboxylic acids is 1. The summed E-state index contributed by atoms with van der Waals surface area (Å²) in [5.74, 6) is -1.31. The summed E-state index contributed by atoms with van der Waals surface area (Å²) in [6.45, 7) is -0.668. The predicted molar refractivity (Wildman–Crippen MR) is 61.9 cm³/mol. The molecule has 4 N–H and O–H groups in total. The van der Waals surface area contributed by atoms with Crippen LogP contribution in [0.2, 0.25) is 0 Å². The number of amides is 3. The number of rotatable bonds is 6. The zero-order valence-corrected chi connectivity index (χ0v) is 10.2. The van der Waals surface area contributed by atoms with Crippen molar-refractivity contribution in [1.82, 2.24) is 30.7 Å². The first-order chi connectivity index (χ1) is 8.97. The molecule has 0 spiro atoms. The van der Waals surface area contributed by atoms with Gasteiger partial charge in [0.25, 0.3) is 0 Å². The van der Waals surface area contributed by atoms with Crippen LogP contribution < -0.4 is 16.0 Å². The Hall–Kier alpha value is -2.65. The lowest BCUT2D eigenvalue weighted by molar-refractivity contribution is -0.137. The van der Waals surface area contributed by atoms with E-state index in [1.165, 1.54) is 11.0 Å². The van der Waals surface area contributed by atoms with Gasteiger partial charge in [-0.1, -0.05) is 0 Å². The monoisotopic (exact) mass is 270 g/mol. The molecule has 0 fully saturated rings. The standard InChI is InChI=1S/C9H14N6O4/c1-15-5-13-6(14-15)2-11-9(19)12-3-7(16)10-4-8(17)18/h5H,2-4H2,1H3,(H,10,16)(H,17,18)(H2,11,12,19). The van der Waals surface area contributed by atoms with Crippen molar-refractivity contribution in [2.24, 2.45) is 7.05 Å². The highest BCUT2D eigenvalue weighted by Crippen LogP contribution is 1.86. The van der Waals surface area contributed by atoms with Crippen LogP contribution in [0.5, 0.6) is 0 Å². The minimum absolute atomic E-state index is 0.128. The maximum atomic E-state index is 11.3. The Morgan fingerprint density at radius 1 is 1.26 bits per heavy atom. The fourth-order valence-corrected chi connectivity index (χ4v) is 1.08. The van der Waals surface area contributed by atoms with Crippen LogP contribution in [0, 0.1) is 0 Å². The van der Waals surface area contributed by atoms with Crippen LogP contribution in [0.3, 0.4) is 0 Å². The minimum atomic E-state index is -1.15. The van der Waals surface area contributed by atoms with Gasteiger partial charge in [-0.2, -0.15) is 5.10 Å². The summed E-state index contributed by atoms with van der Waals surface area (Å²) >= 11 is 0. The molecule has 10 heteroatoms. The van der Waals surface area contributed by atoms with Crippen LogP contribution in [-0.4, -0.2) is 50.9 Å². The normalized spacial score (nSPS) is 9.74. The van der Waals surface area contributed by atoms with E-state index in [4.69, 9.17) is 5.11 Å². The molecule has 1 aromatic rings. The Bertz CT molecular complexity index is 471. The van der Waals surface area contributed by atoms with E-state index in [1.54, 1.807) is 7.05 Å². The SMILES string of the molecule is Cn1cnc(CNC(=O)NCC(=O)NCC(=O)O)n1. The van der Waals surface area contributed by atoms with Gasteiger partial charge in [0, 0.05) is 7.05 Å². The zero-order valence-electron chi connectivity index (χ0n) is 10.2. The summed E-state index contributed by atoms with van der Waals surface area (Å²) in [6, 6.07) is -0.571. The average Bonchev–Trinajstić information content (AvgIpc) is 2.77. The molecule has 3 amide bonds. The molecule has 10 nitrogen and oxygen atoms in total. The van der Waals surface area contributed by atoms with Crippen molar-refractivity contribution in [2.45, 2.75) is 6.54 Å². The molecule has 0 unspecified atom stereocenters. The number of nitrogens with zero attached hydrogens (tertiary/aromatic N) is 3. The highest BCUT2D eigenvalue weighted by Gasteiger charge is 2.07. The van der Waals surface area contributed by atoms with E-state index in [2.05, 4.69) is 26.0 Å². The number of carbonyl (C=O) groups is 3. The van der Waals surface area contributed by atoms with Crippen molar-refractivity contribution in [3.8, 4) is 0 Å². The second-order valence-electron chi connectivity index (χ2n) is 3.54. The highest BCUT2D eigenvalue weighted by atomic mass is 16.4. The topological polar surface area (TPSA) is 138 Å². The lowest BCUT2D eigenvalue weighted by Gasteiger charge is -2.06. The third kappa shape index (κ3) is 6.00. The van der Waals surface area contributed by atoms with E-state index >= 15 is 0 Å². The van der Waals surface area contributed by atoms with Crippen molar-refractivity contribution in [3.05, 3.63) is 12.2 Å². The number of aromatic nitrogens is 3. The van der Waals surface area contributed by atoms with Gasteiger partial charge in [0.2, 0.25) is 5.91 Å². The molecule has 0 aliphatic rings. The summed E-state index contributed by atoms with van der Waals surface area (Å²) in [7, 11) is 1.70. The first kappa shape index (κ1) is 14.4. The lowest BCUT2D eigenvalue weighted by Crippen LogP contribution is -2.42. The van der Waals surface area contributed by atoms with Crippen molar-refractivity contribution in [3.63, 3.8) is 0 Å². The Morgan fingerprint density at radius 3 is 2.58 bits per heavy atom. The number of hydrogen-bond donors (Lipinski definition) is 4. The number of carboxylic acid groups (broad SMARTS) is 1. The van der Waals surface area contributed by atoms with Crippen LogP contribution >= 0.6 is 0 Å². The molecule has 1 rings (SSSR count). The lowest BCUT2D eigenvalue weighted by atomic mass is 10.5. The molecule has 104 valence electrons. The molecule has 0 atom stereocenters. The molecule has 0 aromatic carbocycles. The summed E-state index contributed by atoms with van der Waals surface area (Å²) in [6.07, 6.45) is 1.49. The van der Waals surface area contributed by atoms with Gasteiger partial charge >= 0.3 is 12.0 Å². The second kappa shape index (κ2) is 6.93. The maximum Gasteiger partial charge on any atom is 0.322 e. The van der Waals surface area contributed by atoms with E-state index in [0.29, 0.717) is 5.82 Å². The number of carbonyl (C=O) groups excluding carboxylic acids is 2. The first-order valence-electron chi connectivity index (χ1n) is 5.32. The Kier molecular flexibility index (Phi) is 5.26. The van der Waals surface area contributed by atoms with Gasteiger partial charge in [-0.05, 0) is 0 Å². The first-order valence-corrected chi connectivity index (χ1v) is 5.32. The van der Waals surface area contributed by atoms with Gasteiger partial charge < -0.3 is 21.1 Å². The number of nitrogens with one attached hydrogen (secondary N) is 3. The van der Waals surface area contributed by atoms with Crippen molar-refractivity contribution >= 4 is 17.9 Å². The Labute approximate surface area is 108 Å². The summed E-state index contributed by atoms with van der Waals surface area (Å²) in [5, 5.41) is 19.1. The molecule has 0 aliphatic carbocycles. The summed E-state index contributed by atoms with van der Waals surface area (Å²) in [4.78, 5) is 36.4. The molecule has 0 saturated heterocycles. The van der Waals surface area contributed by atoms with Gasteiger partial charge in [0.05, 0.1) is 13.1 Å². The van der Waals surface area contributed by atoms with Crippen LogP contribution in [0.15, 0.2) is 6.33 Å². The fourth-order valence-electron chi connectivity index (χ4n) is 1.08. The number of aryl methyl sites for hydroxylation is 1. The van der Waals surface area contributed by atoms with E-state index in [0.717, 1.165) is 0 Å². The van der Waals surface area contributed by atoms with Gasteiger partial charge in [0.15, 0.2) is 5.82 Å². The molecule has 1 heterocycles. The van der Waals surface area contributed by atoms with E-state index in [1.807, 2.05) is 0 Å². The summed E-state index contributed by atoms with van der Waals surface area (Å²) in [5.41, 5.74) is 0. The number of aliphatic carboxylic acids is 1. The molecule has 0 bridgehead atoms. The van der Waals surface area contributed by atoms with Crippen molar-refractivity contribution in [2.75, 3.05) is 13.1 Å². The quantitative estimate of drug-likeness (QED) is 0.463.